The Morgan fingerprint density at radius 1 is 0.738 bits per heavy atom. The maximum absolute atomic E-state index is 14.4. The fraction of sp³-hybridized carbons (Fsp3) is 0.560. The highest BCUT2D eigenvalue weighted by atomic mass is 32.2. The van der Waals surface area contributed by atoms with Crippen molar-refractivity contribution in [2.75, 3.05) is 150 Å². The molecule has 0 unspecified atom stereocenters. The van der Waals surface area contributed by atoms with E-state index in [1.807, 2.05) is 38.1 Å². The molecule has 3 aromatic heterocycles. The highest BCUT2D eigenvalue weighted by Gasteiger charge is 2.51. The predicted molar refractivity (Wildman–Crippen MR) is 390 cm³/mol. The molecule has 2 aliphatic rings. The van der Waals surface area contributed by atoms with Crippen LogP contribution in [0.15, 0.2) is 76.9 Å². The highest BCUT2D eigenvalue weighted by Crippen LogP contribution is 2.42. The molecule has 7 rings (SSSR count). The summed E-state index contributed by atoms with van der Waals surface area (Å²) in [6.07, 6.45) is 7.02. The molecule has 0 radical (unpaired) electrons. The molecule has 5 heterocycles. The first-order valence-electron chi connectivity index (χ1n) is 36.1. The lowest BCUT2D eigenvalue weighted by atomic mass is 9.85. The van der Waals surface area contributed by atoms with Crippen LogP contribution in [0.3, 0.4) is 0 Å². The summed E-state index contributed by atoms with van der Waals surface area (Å²) in [5.41, 5.74) is 8.44. The topological polar surface area (TPSA) is 390 Å². The number of esters is 1. The number of ether oxygens (including phenoxy) is 12. The van der Waals surface area contributed by atoms with Gasteiger partial charge in [-0.3, -0.25) is 28.8 Å². The number of Topliss-reactive ketones (excluding diaryl/α,β-unsaturated/α-hetero) is 1. The van der Waals surface area contributed by atoms with Crippen molar-refractivity contribution in [3.05, 3.63) is 111 Å². The number of nitrogens with zero attached hydrogens (tertiary/aromatic N) is 5. The van der Waals surface area contributed by atoms with Gasteiger partial charge in [-0.15, -0.1) is 0 Å². The fourth-order valence-corrected chi connectivity index (χ4v) is 12.1. The van der Waals surface area contributed by atoms with Crippen LogP contribution in [0.1, 0.15) is 119 Å². The number of carbonyl (C=O) groups is 7. The van der Waals surface area contributed by atoms with Crippen LogP contribution in [-0.4, -0.2) is 231 Å². The van der Waals surface area contributed by atoms with Crippen molar-refractivity contribution in [3.8, 4) is 23.2 Å². The summed E-state index contributed by atoms with van der Waals surface area (Å²) in [5.74, 6) is 3.45. The van der Waals surface area contributed by atoms with E-state index in [9.17, 15) is 46.8 Å². The number of pyridine rings is 2. The van der Waals surface area contributed by atoms with E-state index < -0.39 is 70.1 Å². The molecule has 584 valence electrons. The lowest BCUT2D eigenvalue weighted by Crippen LogP contribution is -2.47. The Morgan fingerprint density at radius 3 is 1.93 bits per heavy atom. The number of cyclic esters (lactones) is 1. The highest BCUT2D eigenvalue weighted by molar-refractivity contribution is 7.90. The predicted octanol–water partition coefficient (Wildman–Crippen LogP) is 4.82. The average molecular weight is 1510 g/mol. The average Bonchev–Trinajstić information content (AvgIpc) is 1.64. The van der Waals surface area contributed by atoms with Gasteiger partial charge in [0.1, 0.15) is 38.3 Å². The van der Waals surface area contributed by atoms with Gasteiger partial charge in [0, 0.05) is 92.8 Å². The van der Waals surface area contributed by atoms with Crippen LogP contribution >= 0.6 is 0 Å². The van der Waals surface area contributed by atoms with Gasteiger partial charge in [-0.2, -0.15) is 0 Å². The number of hydrogen-bond donors (Lipinski definition) is 4. The third-order valence-electron chi connectivity index (χ3n) is 17.1. The summed E-state index contributed by atoms with van der Waals surface area (Å²) >= 11 is 0. The first-order chi connectivity index (χ1) is 51.7. The first-order valence-corrected chi connectivity index (χ1v) is 38.0. The minimum atomic E-state index is -3.46. The SMILES string of the molecule is CC[C@@]1(OC(=O)OCc2ccc(NC(=O)[C@H](CCCCN)NC(=O)COCC(=O)NCCOCCOCCOCCOCCOCCOCCOCCOCCCC(=O)CCCC#Cc3cnc(S(C)(=O)=O)nc3)cc2)C(=O)OCc2c1cc1n(c2=O)Cc2c-1nc1ccccc1c2CCN(C(C)=O)C(C)C. The molecule has 5 N–H and O–H groups in total. The normalized spacial score (nSPS) is 13.9. The van der Waals surface area contributed by atoms with Gasteiger partial charge in [0.2, 0.25) is 44.2 Å². The number of nitrogens with one attached hydrogen (secondary N) is 3. The molecule has 32 heteroatoms. The molecule has 2 aliphatic heterocycles. The van der Waals surface area contributed by atoms with Gasteiger partial charge >= 0.3 is 12.1 Å². The van der Waals surface area contributed by atoms with Crippen molar-refractivity contribution < 1.29 is 98.8 Å². The van der Waals surface area contributed by atoms with Crippen molar-refractivity contribution >= 4 is 68.0 Å². The van der Waals surface area contributed by atoms with Crippen molar-refractivity contribution in [2.24, 2.45) is 5.73 Å². The molecule has 107 heavy (non-hydrogen) atoms. The number of carbonyl (C=O) groups excluding carboxylic acids is 7. The standard InChI is InChI=1S/C75H101N9O22S/c1-6-75(63-45-66-69-61(48-84(66)71(90)62(63)50-104-72(75)91)59(25-28-83(53(2)3)54(4)85)60-18-10-11-19-64(60)82-69)106-74(92)105-49-55-21-23-57(24-22-55)80-70(89)65(20-12-13-26-76)81-68(88)52-103-51-67(87)77-27-30-96-32-34-98-36-38-100-40-42-102-44-43-101-41-39-99-37-35-97-33-31-95-29-14-17-58(86)16-9-7-8-15-56-46-78-73(79-47-56)107(5,93)94/h10-11,18-19,21-24,45-47,53,65H,6-7,9,12-14,16-17,20,25-44,48-52,76H2,1-5H3,(H,77,87)(H,80,89)(H,81,88)/t65-,75-/m0/s1. The number of aromatic nitrogens is 4. The largest absolute Gasteiger partial charge is 0.510 e. The molecule has 31 nitrogen and oxygen atoms in total. The van der Waals surface area contributed by atoms with E-state index in [1.54, 1.807) is 53.6 Å². The summed E-state index contributed by atoms with van der Waals surface area (Å²) < 4.78 is 91.0. The molecular weight excluding hydrogens is 1410 g/mol. The van der Waals surface area contributed by atoms with E-state index in [4.69, 9.17) is 67.6 Å². The molecule has 0 aliphatic carbocycles. The second-order valence-corrected chi connectivity index (χ2v) is 27.3. The number of nitrogens with two attached hydrogens (primary N) is 1. The van der Waals surface area contributed by atoms with E-state index in [-0.39, 0.29) is 79.8 Å². The summed E-state index contributed by atoms with van der Waals surface area (Å²) in [6.45, 7) is 12.9. The maximum atomic E-state index is 14.4. The van der Waals surface area contributed by atoms with Crippen LogP contribution in [0.25, 0.3) is 22.3 Å². The maximum Gasteiger partial charge on any atom is 0.510 e. The summed E-state index contributed by atoms with van der Waals surface area (Å²) in [4.78, 5) is 120. The van der Waals surface area contributed by atoms with E-state index in [1.165, 1.54) is 12.4 Å². The number of rotatable bonds is 51. The number of sulfone groups is 1. The Bertz CT molecular complexity index is 3960. The molecule has 0 fully saturated rings. The minimum absolute atomic E-state index is 0.0256. The van der Waals surface area contributed by atoms with Crippen LogP contribution in [0.4, 0.5) is 10.5 Å². The van der Waals surface area contributed by atoms with Gasteiger partial charge in [-0.05, 0) is 101 Å². The summed E-state index contributed by atoms with van der Waals surface area (Å²) in [5, 5.41) is 8.78. The molecule has 0 spiro atoms. The number of anilines is 1. The molecule has 2 atom stereocenters. The lowest BCUT2D eigenvalue weighted by Gasteiger charge is -2.35. The molecular formula is C75H101N9O22S. The van der Waals surface area contributed by atoms with Crippen molar-refractivity contribution in [2.45, 2.75) is 135 Å². The number of para-hydroxylation sites is 1. The van der Waals surface area contributed by atoms with Gasteiger partial charge in [-0.25, -0.2) is 33.0 Å². The summed E-state index contributed by atoms with van der Waals surface area (Å²) in [7, 11) is -3.46. The zero-order valence-corrected chi connectivity index (χ0v) is 62.6. The molecule has 0 saturated carbocycles. The molecule has 4 amide bonds. The number of unbranched alkanes of at least 4 members (excludes halogenated alkanes) is 2. The smallest absolute Gasteiger partial charge is 0.457 e. The van der Waals surface area contributed by atoms with Crippen LogP contribution in [-0.2, 0) is 127 Å². The number of fused-ring (bicyclic) bond motifs is 5. The van der Waals surface area contributed by atoms with Crippen LogP contribution in [0, 0.1) is 11.8 Å². The molecule has 5 aromatic rings. The Morgan fingerprint density at radius 2 is 1.34 bits per heavy atom. The van der Waals surface area contributed by atoms with Crippen molar-refractivity contribution in [1.29, 1.82) is 0 Å². The van der Waals surface area contributed by atoms with Gasteiger partial charge in [-0.1, -0.05) is 49.1 Å². The Labute approximate surface area is 623 Å². The zero-order chi connectivity index (χ0) is 76.8. The number of amides is 4. The van der Waals surface area contributed by atoms with Crippen molar-refractivity contribution in [3.63, 3.8) is 0 Å². The summed E-state index contributed by atoms with van der Waals surface area (Å²) in [6, 6.07) is 14.7. The van der Waals surface area contributed by atoms with Crippen LogP contribution in [0.5, 0.6) is 0 Å². The van der Waals surface area contributed by atoms with E-state index in [0.717, 1.165) is 22.8 Å². The second kappa shape index (κ2) is 45.8. The molecule has 0 saturated heterocycles. The third kappa shape index (κ3) is 28.1. The fourth-order valence-electron chi connectivity index (χ4n) is 11.6. The third-order valence-corrected chi connectivity index (χ3v) is 18.0. The van der Waals surface area contributed by atoms with Crippen molar-refractivity contribution in [1.82, 2.24) is 35.1 Å². The molecule has 2 aromatic carbocycles. The Balaban J connectivity index is 0.671. The zero-order valence-electron chi connectivity index (χ0n) is 61.8. The Kier molecular flexibility index (Phi) is 36.6. The number of hydrogen-bond acceptors (Lipinski definition) is 26. The first kappa shape index (κ1) is 85.5. The van der Waals surface area contributed by atoms with Crippen LogP contribution < -0.4 is 27.2 Å². The van der Waals surface area contributed by atoms with Crippen LogP contribution in [0.2, 0.25) is 0 Å². The van der Waals surface area contributed by atoms with E-state index in [2.05, 4.69) is 37.8 Å². The van der Waals surface area contributed by atoms with Gasteiger partial charge in [0.05, 0.1) is 134 Å². The van der Waals surface area contributed by atoms with Gasteiger partial charge in [0.25, 0.3) is 5.56 Å². The van der Waals surface area contributed by atoms with E-state index >= 15 is 0 Å². The van der Waals surface area contributed by atoms with Gasteiger partial charge < -0.3 is 88.0 Å². The second-order valence-electron chi connectivity index (χ2n) is 25.4. The number of ketones is 1. The van der Waals surface area contributed by atoms with E-state index in [0.29, 0.717) is 197 Å². The molecule has 0 bridgehead atoms. The number of benzene rings is 2. The Hall–Kier alpha value is -8.72. The van der Waals surface area contributed by atoms with Gasteiger partial charge in [0.15, 0.2) is 0 Å². The monoisotopic (exact) mass is 1510 g/mol. The lowest BCUT2D eigenvalue weighted by molar-refractivity contribution is -0.175. The quantitative estimate of drug-likeness (QED) is 0.0172. The minimum Gasteiger partial charge on any atom is -0.457 e.